The highest BCUT2D eigenvalue weighted by molar-refractivity contribution is 5.82. The van der Waals surface area contributed by atoms with Gasteiger partial charge in [-0.15, -0.1) is 5.10 Å². The Labute approximate surface area is 168 Å². The zero-order valence-corrected chi connectivity index (χ0v) is 15.9. The summed E-state index contributed by atoms with van der Waals surface area (Å²) in [5.74, 6) is 1.15. The van der Waals surface area contributed by atoms with E-state index >= 15 is 0 Å². The summed E-state index contributed by atoms with van der Waals surface area (Å²) in [5, 5.41) is 12.4. The van der Waals surface area contributed by atoms with E-state index in [1.807, 2.05) is 30.3 Å². The van der Waals surface area contributed by atoms with E-state index in [1.165, 1.54) is 5.69 Å². The van der Waals surface area contributed by atoms with Gasteiger partial charge in [0.25, 0.3) is 0 Å². The minimum absolute atomic E-state index is 0.472. The monoisotopic (exact) mass is 387 g/mol. The summed E-state index contributed by atoms with van der Waals surface area (Å²) in [6.45, 7) is 4.07. The summed E-state index contributed by atoms with van der Waals surface area (Å²) in [4.78, 5) is 6.88. The fourth-order valence-corrected chi connectivity index (χ4v) is 3.43. The van der Waals surface area contributed by atoms with Gasteiger partial charge in [0.05, 0.1) is 19.4 Å². The second kappa shape index (κ2) is 7.89. The summed E-state index contributed by atoms with van der Waals surface area (Å²) in [7, 11) is 0. The van der Waals surface area contributed by atoms with Crippen molar-refractivity contribution in [1.82, 2.24) is 15.2 Å². The van der Waals surface area contributed by atoms with E-state index in [1.54, 1.807) is 6.20 Å². The van der Waals surface area contributed by atoms with Gasteiger partial charge < -0.3 is 19.4 Å². The lowest BCUT2D eigenvalue weighted by Crippen LogP contribution is -2.36. The smallest absolute Gasteiger partial charge is 0.243 e. The number of benzene rings is 2. The van der Waals surface area contributed by atoms with Gasteiger partial charge in [0.2, 0.25) is 5.95 Å². The summed E-state index contributed by atoms with van der Waals surface area (Å²) in [6.07, 6.45) is 1.61. The molecule has 0 saturated carbocycles. The number of ether oxygens (including phenoxy) is 1. The van der Waals surface area contributed by atoms with Gasteiger partial charge in [0.15, 0.2) is 5.76 Å². The molecular formula is C22H21N5O2. The van der Waals surface area contributed by atoms with Crippen LogP contribution in [0, 0.1) is 0 Å². The van der Waals surface area contributed by atoms with Crippen LogP contribution < -0.4 is 10.2 Å². The van der Waals surface area contributed by atoms with Crippen LogP contribution in [-0.4, -0.2) is 41.5 Å². The van der Waals surface area contributed by atoms with Crippen LogP contribution in [0.1, 0.15) is 5.56 Å². The number of fused-ring (bicyclic) bond motifs is 1. The van der Waals surface area contributed by atoms with Crippen LogP contribution in [0.25, 0.3) is 22.4 Å². The predicted molar refractivity (Wildman–Crippen MR) is 112 cm³/mol. The Morgan fingerprint density at radius 2 is 1.83 bits per heavy atom. The molecule has 0 atom stereocenters. The standard InChI is InChI=1S/C22H21N5O2/c1-2-4-20-17(3-1)13-21(29-20)19-15-24-26-22(25-19)23-14-16-5-7-18(8-6-16)27-9-11-28-12-10-27/h1-8,13,15H,9-12,14H2,(H,23,25,26). The van der Waals surface area contributed by atoms with Gasteiger partial charge in [-0.05, 0) is 29.8 Å². The molecule has 1 saturated heterocycles. The topological polar surface area (TPSA) is 76.3 Å². The number of rotatable bonds is 5. The molecule has 5 rings (SSSR count). The van der Waals surface area contributed by atoms with Gasteiger partial charge >= 0.3 is 0 Å². The summed E-state index contributed by atoms with van der Waals surface area (Å²) < 4.78 is 11.3. The van der Waals surface area contributed by atoms with Crippen molar-refractivity contribution < 1.29 is 9.15 Å². The Morgan fingerprint density at radius 1 is 1.00 bits per heavy atom. The van der Waals surface area contributed by atoms with Crippen molar-refractivity contribution in [3.63, 3.8) is 0 Å². The average molecular weight is 387 g/mol. The molecule has 0 aliphatic carbocycles. The van der Waals surface area contributed by atoms with Crippen LogP contribution in [0.15, 0.2) is 65.2 Å². The zero-order chi connectivity index (χ0) is 19.5. The fraction of sp³-hybridized carbons (Fsp3) is 0.227. The van der Waals surface area contributed by atoms with Crippen LogP contribution in [0.4, 0.5) is 11.6 Å². The summed E-state index contributed by atoms with van der Waals surface area (Å²) in [5.41, 5.74) is 3.86. The number of nitrogens with zero attached hydrogens (tertiary/aromatic N) is 4. The second-order valence-corrected chi connectivity index (χ2v) is 6.93. The molecular weight excluding hydrogens is 366 g/mol. The Morgan fingerprint density at radius 3 is 2.66 bits per heavy atom. The lowest BCUT2D eigenvalue weighted by molar-refractivity contribution is 0.122. The Kier molecular flexibility index (Phi) is 4.80. The number of hydrogen-bond acceptors (Lipinski definition) is 7. The third kappa shape index (κ3) is 3.90. The van der Waals surface area contributed by atoms with E-state index in [9.17, 15) is 0 Å². The summed E-state index contributed by atoms with van der Waals surface area (Å²) in [6, 6.07) is 18.4. The Hall–Kier alpha value is -3.45. The lowest BCUT2D eigenvalue weighted by Gasteiger charge is -2.28. The third-order valence-electron chi connectivity index (χ3n) is 5.00. The van der Waals surface area contributed by atoms with Gasteiger partial charge in [-0.1, -0.05) is 30.3 Å². The quantitative estimate of drug-likeness (QED) is 0.559. The van der Waals surface area contributed by atoms with E-state index in [4.69, 9.17) is 9.15 Å². The third-order valence-corrected chi connectivity index (χ3v) is 5.00. The first-order valence-corrected chi connectivity index (χ1v) is 9.69. The summed E-state index contributed by atoms with van der Waals surface area (Å²) >= 11 is 0. The van der Waals surface area contributed by atoms with Crippen molar-refractivity contribution in [2.75, 3.05) is 36.5 Å². The van der Waals surface area contributed by atoms with Gasteiger partial charge in [-0.25, -0.2) is 4.98 Å². The van der Waals surface area contributed by atoms with Crippen molar-refractivity contribution in [3.8, 4) is 11.5 Å². The number of hydrogen-bond donors (Lipinski definition) is 1. The van der Waals surface area contributed by atoms with Gasteiger partial charge in [-0.3, -0.25) is 0 Å². The maximum absolute atomic E-state index is 5.87. The minimum Gasteiger partial charge on any atom is -0.454 e. The van der Waals surface area contributed by atoms with Crippen molar-refractivity contribution in [2.24, 2.45) is 0 Å². The maximum atomic E-state index is 5.87. The molecule has 1 fully saturated rings. The highest BCUT2D eigenvalue weighted by Crippen LogP contribution is 2.26. The largest absolute Gasteiger partial charge is 0.454 e. The number of anilines is 2. The fourth-order valence-electron chi connectivity index (χ4n) is 3.43. The molecule has 3 heterocycles. The molecule has 146 valence electrons. The average Bonchev–Trinajstić information content (AvgIpc) is 3.23. The SMILES string of the molecule is c1ccc2oc(-c3cnnc(NCc4ccc(N5CCOCC5)cc4)n3)cc2c1. The molecule has 1 aliphatic rings. The van der Waals surface area contributed by atoms with E-state index < -0.39 is 0 Å². The number of nitrogens with one attached hydrogen (secondary N) is 1. The molecule has 2 aromatic carbocycles. The molecule has 7 nitrogen and oxygen atoms in total. The van der Waals surface area contributed by atoms with E-state index in [2.05, 4.69) is 49.7 Å². The van der Waals surface area contributed by atoms with Gasteiger partial charge in [-0.2, -0.15) is 5.10 Å². The van der Waals surface area contributed by atoms with Crippen molar-refractivity contribution in [3.05, 3.63) is 66.4 Å². The Bertz CT molecular complexity index is 1070. The number of aromatic nitrogens is 3. The highest BCUT2D eigenvalue weighted by Gasteiger charge is 2.11. The van der Waals surface area contributed by atoms with E-state index in [0.29, 0.717) is 23.9 Å². The van der Waals surface area contributed by atoms with Crippen molar-refractivity contribution in [1.29, 1.82) is 0 Å². The Balaban J connectivity index is 1.27. The molecule has 7 heteroatoms. The molecule has 2 aromatic heterocycles. The number of furan rings is 1. The van der Waals surface area contributed by atoms with E-state index in [-0.39, 0.29) is 0 Å². The molecule has 4 aromatic rings. The molecule has 0 unspecified atom stereocenters. The molecule has 0 radical (unpaired) electrons. The highest BCUT2D eigenvalue weighted by atomic mass is 16.5. The van der Waals surface area contributed by atoms with Crippen molar-refractivity contribution in [2.45, 2.75) is 6.54 Å². The molecule has 1 aliphatic heterocycles. The number of para-hydroxylation sites is 1. The first kappa shape index (κ1) is 17.6. The van der Waals surface area contributed by atoms with Crippen LogP contribution in [0.5, 0.6) is 0 Å². The molecule has 0 amide bonds. The van der Waals surface area contributed by atoms with Crippen LogP contribution in [0.2, 0.25) is 0 Å². The lowest BCUT2D eigenvalue weighted by atomic mass is 10.2. The molecule has 0 bridgehead atoms. The number of morpholine rings is 1. The first-order chi connectivity index (χ1) is 14.3. The van der Waals surface area contributed by atoms with E-state index in [0.717, 1.165) is 42.8 Å². The first-order valence-electron chi connectivity index (χ1n) is 9.69. The zero-order valence-electron chi connectivity index (χ0n) is 15.9. The van der Waals surface area contributed by atoms with Crippen LogP contribution in [0.3, 0.4) is 0 Å². The van der Waals surface area contributed by atoms with Gasteiger partial charge in [0, 0.05) is 30.7 Å². The predicted octanol–water partition coefficient (Wildman–Crippen LogP) is 3.73. The maximum Gasteiger partial charge on any atom is 0.243 e. The van der Waals surface area contributed by atoms with Gasteiger partial charge in [0.1, 0.15) is 11.3 Å². The molecule has 1 N–H and O–H groups in total. The normalized spacial score (nSPS) is 14.3. The van der Waals surface area contributed by atoms with Crippen LogP contribution >= 0.6 is 0 Å². The second-order valence-electron chi connectivity index (χ2n) is 6.93. The molecule has 0 spiro atoms. The van der Waals surface area contributed by atoms with Crippen molar-refractivity contribution >= 4 is 22.6 Å². The van der Waals surface area contributed by atoms with Crippen LogP contribution in [-0.2, 0) is 11.3 Å². The molecule has 29 heavy (non-hydrogen) atoms. The minimum atomic E-state index is 0.472.